The Labute approximate surface area is 137 Å². The van der Waals surface area contributed by atoms with Crippen molar-refractivity contribution in [2.45, 2.75) is 20.6 Å². The third kappa shape index (κ3) is 3.43. The quantitative estimate of drug-likeness (QED) is 0.778. The number of aromatic nitrogens is 3. The van der Waals surface area contributed by atoms with Crippen molar-refractivity contribution < 1.29 is 18.4 Å². The summed E-state index contributed by atoms with van der Waals surface area (Å²) in [6.45, 7) is 3.55. The van der Waals surface area contributed by atoms with Crippen molar-refractivity contribution in [3.05, 3.63) is 59.5 Å². The fourth-order valence-electron chi connectivity index (χ4n) is 2.07. The molecule has 1 aromatic carbocycles. The number of carbonyl (C=O) groups excluding carboxylic acids is 1. The second-order valence-corrected chi connectivity index (χ2v) is 5.12. The van der Waals surface area contributed by atoms with Crippen LogP contribution >= 0.6 is 0 Å². The van der Waals surface area contributed by atoms with Gasteiger partial charge in [0.05, 0.1) is 0 Å². The fourth-order valence-corrected chi connectivity index (χ4v) is 2.07. The van der Waals surface area contributed by atoms with Gasteiger partial charge in [-0.1, -0.05) is 5.16 Å². The molecule has 2 aromatic heterocycles. The normalized spacial score (nSPS) is 10.6. The third-order valence-electron chi connectivity index (χ3n) is 3.32. The first kappa shape index (κ1) is 15.7. The van der Waals surface area contributed by atoms with Gasteiger partial charge < -0.3 is 14.6 Å². The van der Waals surface area contributed by atoms with Gasteiger partial charge in [0.2, 0.25) is 0 Å². The van der Waals surface area contributed by atoms with Gasteiger partial charge in [0, 0.05) is 6.20 Å². The highest BCUT2D eigenvalue weighted by Gasteiger charge is 2.15. The van der Waals surface area contributed by atoms with Crippen LogP contribution in [0.3, 0.4) is 0 Å². The molecule has 124 valence electrons. The number of aryl methyl sites for hydroxylation is 2. The van der Waals surface area contributed by atoms with Crippen molar-refractivity contribution in [3.63, 3.8) is 0 Å². The van der Waals surface area contributed by atoms with Gasteiger partial charge in [-0.15, -0.1) is 0 Å². The van der Waals surface area contributed by atoms with Crippen LogP contribution < -0.4 is 10.1 Å². The molecule has 8 heteroatoms. The minimum Gasteiger partial charge on any atom is -0.471 e. The van der Waals surface area contributed by atoms with E-state index in [4.69, 9.17) is 9.26 Å². The third-order valence-corrected chi connectivity index (χ3v) is 3.32. The molecule has 0 aliphatic carbocycles. The molecule has 3 rings (SSSR count). The van der Waals surface area contributed by atoms with Crippen molar-refractivity contribution in [1.29, 1.82) is 0 Å². The van der Waals surface area contributed by atoms with E-state index in [-0.39, 0.29) is 24.1 Å². The first-order chi connectivity index (χ1) is 11.5. The Kier molecular flexibility index (Phi) is 4.28. The molecule has 1 N–H and O–H groups in total. The topological polar surface area (TPSA) is 82.2 Å². The second kappa shape index (κ2) is 6.53. The number of halogens is 1. The molecule has 0 saturated carbocycles. The average Bonchev–Trinajstić information content (AvgIpc) is 3.16. The van der Waals surface area contributed by atoms with Gasteiger partial charge in [0.15, 0.2) is 18.2 Å². The van der Waals surface area contributed by atoms with Crippen LogP contribution in [0.1, 0.15) is 21.9 Å². The zero-order chi connectivity index (χ0) is 17.1. The zero-order valence-electron chi connectivity index (χ0n) is 13.1. The molecule has 0 bridgehead atoms. The molecule has 1 amide bonds. The van der Waals surface area contributed by atoms with E-state index in [1.165, 1.54) is 28.9 Å². The maximum Gasteiger partial charge on any atom is 0.276 e. The number of nitrogens with one attached hydrogen (secondary N) is 1. The maximum absolute atomic E-state index is 12.8. The van der Waals surface area contributed by atoms with Crippen molar-refractivity contribution >= 4 is 11.6 Å². The molecule has 3 aromatic rings. The van der Waals surface area contributed by atoms with Gasteiger partial charge >= 0.3 is 0 Å². The van der Waals surface area contributed by atoms with Crippen LogP contribution in [0.5, 0.6) is 5.75 Å². The molecule has 0 radical (unpaired) electrons. The summed E-state index contributed by atoms with van der Waals surface area (Å²) in [6, 6.07) is 7.22. The summed E-state index contributed by atoms with van der Waals surface area (Å²) in [7, 11) is 0. The minimum atomic E-state index is -0.370. The van der Waals surface area contributed by atoms with Crippen molar-refractivity contribution in [1.82, 2.24) is 14.9 Å². The summed E-state index contributed by atoms with van der Waals surface area (Å²) in [5, 5.41) is 10.6. The number of ether oxygens (including phenoxy) is 1. The summed E-state index contributed by atoms with van der Waals surface area (Å²) < 4.78 is 24.7. The number of hydrogen-bond donors (Lipinski definition) is 1. The Morgan fingerprint density at radius 2 is 2.04 bits per heavy atom. The number of hydrogen-bond acceptors (Lipinski definition) is 5. The van der Waals surface area contributed by atoms with Crippen molar-refractivity contribution in [3.8, 4) is 5.75 Å². The van der Waals surface area contributed by atoms with Gasteiger partial charge in [0.1, 0.15) is 22.9 Å². The lowest BCUT2D eigenvalue weighted by atomic mass is 10.3. The molecule has 0 aliphatic heterocycles. The predicted molar refractivity (Wildman–Crippen MR) is 83.2 cm³/mol. The van der Waals surface area contributed by atoms with E-state index in [9.17, 15) is 9.18 Å². The van der Waals surface area contributed by atoms with Crippen molar-refractivity contribution in [2.24, 2.45) is 0 Å². The van der Waals surface area contributed by atoms with Crippen LogP contribution in [0, 0.1) is 19.7 Å². The van der Waals surface area contributed by atoms with E-state index < -0.39 is 0 Å². The van der Waals surface area contributed by atoms with Gasteiger partial charge in [0.25, 0.3) is 5.91 Å². The largest absolute Gasteiger partial charge is 0.471 e. The van der Waals surface area contributed by atoms with Crippen LogP contribution in [0.4, 0.5) is 10.1 Å². The van der Waals surface area contributed by atoms with Gasteiger partial charge in [-0.2, -0.15) is 5.10 Å². The summed E-state index contributed by atoms with van der Waals surface area (Å²) in [6.07, 6.45) is 1.62. The fraction of sp³-hybridized carbons (Fsp3) is 0.188. The molecular weight excluding hydrogens is 315 g/mol. The number of rotatable bonds is 5. The van der Waals surface area contributed by atoms with Crippen LogP contribution in [0.15, 0.2) is 41.1 Å². The highest BCUT2D eigenvalue weighted by Crippen LogP contribution is 2.19. The highest BCUT2D eigenvalue weighted by atomic mass is 19.1. The van der Waals surface area contributed by atoms with Crippen LogP contribution in [-0.2, 0) is 6.73 Å². The lowest BCUT2D eigenvalue weighted by Gasteiger charge is -2.06. The molecule has 7 nitrogen and oxygen atoms in total. The SMILES string of the molecule is Cc1noc(C)c1NC(=O)c1ccn(COc2ccc(F)cc2)n1. The van der Waals surface area contributed by atoms with Crippen LogP contribution in [-0.4, -0.2) is 20.8 Å². The monoisotopic (exact) mass is 330 g/mol. The number of benzene rings is 1. The molecule has 0 unspecified atom stereocenters. The summed E-state index contributed by atoms with van der Waals surface area (Å²) in [5.74, 6) is 0.332. The Morgan fingerprint density at radius 3 is 2.71 bits per heavy atom. The van der Waals surface area contributed by atoms with Crippen LogP contribution in [0.2, 0.25) is 0 Å². The summed E-state index contributed by atoms with van der Waals surface area (Å²) in [5.41, 5.74) is 1.37. The van der Waals surface area contributed by atoms with E-state index in [0.29, 0.717) is 22.9 Å². The van der Waals surface area contributed by atoms with Crippen molar-refractivity contribution in [2.75, 3.05) is 5.32 Å². The van der Waals surface area contributed by atoms with Crippen LogP contribution in [0.25, 0.3) is 0 Å². The molecule has 0 spiro atoms. The second-order valence-electron chi connectivity index (χ2n) is 5.12. The van der Waals surface area contributed by atoms with E-state index in [2.05, 4.69) is 15.6 Å². The first-order valence-corrected chi connectivity index (χ1v) is 7.19. The molecule has 0 saturated heterocycles. The lowest BCUT2D eigenvalue weighted by molar-refractivity contribution is 0.102. The van der Waals surface area contributed by atoms with Gasteiger partial charge in [-0.05, 0) is 44.2 Å². The molecular formula is C16H15FN4O3. The minimum absolute atomic E-state index is 0.101. The predicted octanol–water partition coefficient (Wildman–Crippen LogP) is 2.92. The first-order valence-electron chi connectivity index (χ1n) is 7.19. The van der Waals surface area contributed by atoms with E-state index >= 15 is 0 Å². The maximum atomic E-state index is 12.8. The molecule has 0 fully saturated rings. The number of anilines is 1. The number of amides is 1. The zero-order valence-corrected chi connectivity index (χ0v) is 13.1. The Morgan fingerprint density at radius 1 is 1.29 bits per heavy atom. The smallest absolute Gasteiger partial charge is 0.276 e. The molecule has 0 atom stereocenters. The lowest BCUT2D eigenvalue weighted by Crippen LogP contribution is -2.15. The van der Waals surface area contributed by atoms with E-state index in [0.717, 1.165) is 0 Å². The Hall–Kier alpha value is -3.16. The Balaban J connectivity index is 1.62. The standard InChI is InChI=1S/C16H15FN4O3/c1-10-15(11(2)24-20-10)18-16(22)14-7-8-21(19-14)9-23-13-5-3-12(17)4-6-13/h3-8H,9H2,1-2H3,(H,18,22). The Bertz CT molecular complexity index is 835. The average molecular weight is 330 g/mol. The summed E-state index contributed by atoms with van der Waals surface area (Å²) >= 11 is 0. The van der Waals surface area contributed by atoms with E-state index in [1.54, 1.807) is 26.1 Å². The molecule has 2 heterocycles. The number of nitrogens with zero attached hydrogens (tertiary/aromatic N) is 3. The highest BCUT2D eigenvalue weighted by molar-refractivity contribution is 6.03. The molecule has 0 aliphatic rings. The van der Waals surface area contributed by atoms with Gasteiger partial charge in [-0.25, -0.2) is 9.07 Å². The van der Waals surface area contributed by atoms with E-state index in [1.807, 2.05) is 0 Å². The number of carbonyl (C=O) groups is 1. The van der Waals surface area contributed by atoms with Gasteiger partial charge in [-0.3, -0.25) is 4.79 Å². The summed E-state index contributed by atoms with van der Waals surface area (Å²) in [4.78, 5) is 12.2. The molecule has 24 heavy (non-hydrogen) atoms.